The van der Waals surface area contributed by atoms with Gasteiger partial charge in [-0.25, -0.2) is 27.0 Å². The average molecular weight is 761 g/mol. The molecule has 14 nitrogen and oxygen atoms in total. The molecule has 4 unspecified atom stereocenters. The summed E-state index contributed by atoms with van der Waals surface area (Å²) in [4.78, 5) is 44.7. The summed E-state index contributed by atoms with van der Waals surface area (Å²) in [5, 5.41) is 7.41. The Hall–Kier alpha value is -5.87. The van der Waals surface area contributed by atoms with Crippen molar-refractivity contribution in [3.8, 4) is 16.9 Å². The van der Waals surface area contributed by atoms with E-state index < -0.39 is 40.1 Å². The molecular formula is C38H41FN6O8S. The van der Waals surface area contributed by atoms with E-state index in [1.165, 1.54) is 48.9 Å². The number of amides is 2. The van der Waals surface area contributed by atoms with E-state index in [-0.39, 0.29) is 39.9 Å². The number of fused-ring (bicyclic) bond motifs is 1. The van der Waals surface area contributed by atoms with Crippen LogP contribution in [0.3, 0.4) is 0 Å². The molecule has 0 radical (unpaired) electrons. The first-order chi connectivity index (χ1) is 25.6. The number of benzene rings is 3. The molecular weight excluding hydrogens is 720 g/mol. The fraction of sp³-hybridized carbons (Fsp3) is 0.289. The van der Waals surface area contributed by atoms with Gasteiger partial charge < -0.3 is 25.3 Å². The molecule has 2 heterocycles. The van der Waals surface area contributed by atoms with Crippen molar-refractivity contribution >= 4 is 50.8 Å². The van der Waals surface area contributed by atoms with Gasteiger partial charge in [-0.3, -0.25) is 9.59 Å². The molecule has 3 N–H and O–H groups in total. The van der Waals surface area contributed by atoms with E-state index in [0.717, 1.165) is 22.3 Å². The smallest absolute Gasteiger partial charge is 0.424 e. The summed E-state index contributed by atoms with van der Waals surface area (Å²) in [6.07, 6.45) is 0.928. The Morgan fingerprint density at radius 1 is 0.944 bits per heavy atom. The molecule has 5 aromatic rings. The molecule has 54 heavy (non-hydrogen) atoms. The number of nitrogens with two attached hydrogens (primary N) is 1. The number of sulfone groups is 1. The van der Waals surface area contributed by atoms with Gasteiger partial charge in [0.05, 0.1) is 23.6 Å². The highest BCUT2D eigenvalue weighted by Crippen LogP contribution is 2.36. The zero-order valence-corrected chi connectivity index (χ0v) is 31.3. The predicted molar refractivity (Wildman–Crippen MR) is 200 cm³/mol. The van der Waals surface area contributed by atoms with E-state index in [1.54, 1.807) is 56.4 Å². The van der Waals surface area contributed by atoms with Crippen molar-refractivity contribution in [1.29, 1.82) is 0 Å². The lowest BCUT2D eigenvalue weighted by molar-refractivity contribution is -0.167. The maximum atomic E-state index is 13.8. The highest BCUT2D eigenvalue weighted by Gasteiger charge is 2.31. The molecule has 0 saturated carbocycles. The van der Waals surface area contributed by atoms with Crippen molar-refractivity contribution in [1.82, 2.24) is 14.6 Å². The van der Waals surface area contributed by atoms with Crippen LogP contribution in [-0.2, 0) is 28.9 Å². The molecule has 5 rings (SSSR count). The topological polar surface area (TPSA) is 185 Å². The number of ether oxygens (including phenoxy) is 3. The molecule has 0 aliphatic rings. The fourth-order valence-electron chi connectivity index (χ4n) is 5.34. The van der Waals surface area contributed by atoms with Crippen LogP contribution in [0.4, 0.5) is 26.5 Å². The molecule has 0 aliphatic carbocycles. The van der Waals surface area contributed by atoms with Crippen molar-refractivity contribution in [3.05, 3.63) is 96.4 Å². The monoisotopic (exact) mass is 760 g/mol. The molecule has 284 valence electrons. The van der Waals surface area contributed by atoms with Crippen molar-refractivity contribution < 1.29 is 41.4 Å². The largest absolute Gasteiger partial charge is 0.495 e. The Labute approximate surface area is 312 Å². The molecule has 2 amide bonds. The van der Waals surface area contributed by atoms with Gasteiger partial charge in [0, 0.05) is 36.7 Å². The van der Waals surface area contributed by atoms with Crippen LogP contribution in [0.15, 0.2) is 90.0 Å². The van der Waals surface area contributed by atoms with Crippen LogP contribution >= 0.6 is 0 Å². The SMILES string of the molecule is CCC(C)C(N)C(=O)OC(C)OC(=O)N(c1nc2ccc(-c3ccc(NC(=O)C(C)c4ccc(F)cc4)cc3)cn2n1)c1ccc(S(C)(=O)=O)cc1OC. The quantitative estimate of drug-likeness (QED) is 0.102. The molecule has 0 aliphatic heterocycles. The summed E-state index contributed by atoms with van der Waals surface area (Å²) >= 11 is 0. The Morgan fingerprint density at radius 3 is 2.24 bits per heavy atom. The zero-order valence-electron chi connectivity index (χ0n) is 30.5. The molecule has 2 aromatic heterocycles. The molecule has 4 atom stereocenters. The number of anilines is 3. The third-order valence-corrected chi connectivity index (χ3v) is 9.96. The number of aromatic nitrogens is 3. The summed E-state index contributed by atoms with van der Waals surface area (Å²) in [6.45, 7) is 6.77. The first-order valence-electron chi connectivity index (χ1n) is 17.0. The normalized spacial score (nSPS) is 13.7. The number of nitrogens with one attached hydrogen (secondary N) is 1. The highest BCUT2D eigenvalue weighted by atomic mass is 32.2. The Morgan fingerprint density at radius 2 is 1.61 bits per heavy atom. The number of pyridine rings is 1. The highest BCUT2D eigenvalue weighted by molar-refractivity contribution is 7.90. The summed E-state index contributed by atoms with van der Waals surface area (Å²) in [5.74, 6) is -2.23. The molecule has 16 heteroatoms. The number of hydrogen-bond donors (Lipinski definition) is 2. The van der Waals surface area contributed by atoms with Crippen molar-refractivity contribution in [3.63, 3.8) is 0 Å². The lowest BCUT2D eigenvalue weighted by Crippen LogP contribution is -2.41. The number of carbonyl (C=O) groups is 3. The van der Waals surface area contributed by atoms with Gasteiger partial charge in [-0.05, 0) is 72.5 Å². The second-order valence-electron chi connectivity index (χ2n) is 12.7. The maximum absolute atomic E-state index is 13.8. The van der Waals surface area contributed by atoms with Crippen LogP contribution in [0, 0.1) is 11.7 Å². The second kappa shape index (κ2) is 16.4. The molecule has 3 aromatic carbocycles. The summed E-state index contributed by atoms with van der Waals surface area (Å²) in [7, 11) is -2.33. The van der Waals surface area contributed by atoms with Crippen molar-refractivity contribution in [2.75, 3.05) is 23.6 Å². The molecule has 0 fully saturated rings. The summed E-state index contributed by atoms with van der Waals surface area (Å²) < 4.78 is 55.7. The number of esters is 1. The Bertz CT molecular complexity index is 2260. The molecule has 0 spiro atoms. The van der Waals surface area contributed by atoms with Gasteiger partial charge in [0.1, 0.15) is 17.6 Å². The van der Waals surface area contributed by atoms with E-state index in [9.17, 15) is 27.2 Å². The van der Waals surface area contributed by atoms with Crippen LogP contribution in [0.2, 0.25) is 0 Å². The van der Waals surface area contributed by atoms with Gasteiger partial charge in [0.25, 0.3) is 5.95 Å². The van der Waals surface area contributed by atoms with Crippen molar-refractivity contribution in [2.24, 2.45) is 11.7 Å². The number of nitrogens with zero attached hydrogens (tertiary/aromatic N) is 4. The number of methoxy groups -OCH3 is 1. The first kappa shape index (κ1) is 39.3. The van der Waals surface area contributed by atoms with E-state index in [1.807, 2.05) is 19.1 Å². The van der Waals surface area contributed by atoms with Gasteiger partial charge in [0.15, 0.2) is 15.5 Å². The van der Waals surface area contributed by atoms with Gasteiger partial charge in [-0.1, -0.05) is 44.5 Å². The van der Waals surface area contributed by atoms with Crippen LogP contribution in [0.25, 0.3) is 16.8 Å². The lowest BCUT2D eigenvalue weighted by atomic mass is 10.00. The van der Waals surface area contributed by atoms with E-state index >= 15 is 0 Å². The van der Waals surface area contributed by atoms with E-state index in [0.29, 0.717) is 23.3 Å². The molecule has 0 bridgehead atoms. The van der Waals surface area contributed by atoms with E-state index in [2.05, 4.69) is 15.4 Å². The third kappa shape index (κ3) is 9.01. The second-order valence-corrected chi connectivity index (χ2v) is 14.7. The lowest BCUT2D eigenvalue weighted by Gasteiger charge is -2.24. The fourth-order valence-corrected chi connectivity index (χ4v) is 5.98. The van der Waals surface area contributed by atoms with E-state index in [4.69, 9.17) is 19.9 Å². The Kier molecular flexibility index (Phi) is 12.0. The van der Waals surface area contributed by atoms with Crippen molar-refractivity contribution in [2.45, 2.75) is 57.3 Å². The standard InChI is InChI=1S/C38H41FN6O8S/c1-7-22(2)34(40)36(47)52-24(4)53-38(48)45(31-18-17-30(54(6,49)50)20-32(31)51-5)37-42-33-19-12-27(21-44(33)43-37)26-10-15-29(16-11-26)41-35(46)23(3)25-8-13-28(39)14-9-25/h8-24,34H,7,40H2,1-6H3,(H,41,46). The average Bonchev–Trinajstić information content (AvgIpc) is 3.56. The zero-order chi connectivity index (χ0) is 39.3. The Balaban J connectivity index is 1.42. The maximum Gasteiger partial charge on any atom is 0.424 e. The first-order valence-corrected chi connectivity index (χ1v) is 18.9. The van der Waals surface area contributed by atoms with Gasteiger partial charge in [0.2, 0.25) is 12.2 Å². The minimum absolute atomic E-state index is 0.00268. The van der Waals surface area contributed by atoms with Gasteiger partial charge in [-0.2, -0.15) is 4.98 Å². The minimum Gasteiger partial charge on any atom is -0.495 e. The van der Waals surface area contributed by atoms with Crippen LogP contribution < -0.4 is 20.7 Å². The van der Waals surface area contributed by atoms with Crippen LogP contribution in [0.1, 0.15) is 45.6 Å². The number of carbonyl (C=O) groups excluding carboxylic acids is 3. The minimum atomic E-state index is -3.64. The molecule has 0 saturated heterocycles. The van der Waals surface area contributed by atoms with Crippen LogP contribution in [0.5, 0.6) is 5.75 Å². The predicted octanol–water partition coefficient (Wildman–Crippen LogP) is 6.23. The number of hydrogen-bond acceptors (Lipinski definition) is 11. The number of rotatable bonds is 13. The number of halogens is 1. The third-order valence-electron chi connectivity index (χ3n) is 8.85. The summed E-state index contributed by atoms with van der Waals surface area (Å²) in [5.41, 5.74) is 9.13. The van der Waals surface area contributed by atoms with Gasteiger partial charge in [-0.15, -0.1) is 5.10 Å². The summed E-state index contributed by atoms with van der Waals surface area (Å²) in [6, 6.07) is 19.3. The van der Waals surface area contributed by atoms with Crippen LogP contribution in [-0.4, -0.2) is 66.7 Å². The van der Waals surface area contributed by atoms with Gasteiger partial charge >= 0.3 is 12.1 Å².